The van der Waals surface area contributed by atoms with E-state index in [1.807, 2.05) is 13.8 Å². The number of carbonyl (C=O) groups excluding carboxylic acids is 4. The van der Waals surface area contributed by atoms with Crippen molar-refractivity contribution in [1.29, 1.82) is 0 Å². The molecule has 0 saturated carbocycles. The number of hydrogen-bond donors (Lipinski definition) is 1. The van der Waals surface area contributed by atoms with Crippen LogP contribution in [0.1, 0.15) is 78.3 Å². The molecule has 0 aliphatic carbocycles. The molecule has 1 atom stereocenters. The predicted octanol–water partition coefficient (Wildman–Crippen LogP) is 3.98. The molecule has 1 heterocycles. The van der Waals surface area contributed by atoms with Gasteiger partial charge in [-0.3, -0.25) is 19.3 Å². The van der Waals surface area contributed by atoms with E-state index < -0.39 is 29.7 Å². The fraction of sp³-hybridized carbons (Fsp3) is 0.385. The minimum absolute atomic E-state index is 0.187. The first-order chi connectivity index (χ1) is 16.9. The lowest BCUT2D eigenvalue weighted by Crippen LogP contribution is -2.38. The van der Waals surface area contributed by atoms with Crippen LogP contribution in [0.3, 0.4) is 0 Å². The van der Waals surface area contributed by atoms with E-state index in [1.54, 1.807) is 42.5 Å². The average molecular weight is 483 g/mol. The molecule has 0 unspecified atom stereocenters. The molecular weight excluding hydrogens is 452 g/mol. The molecule has 9 nitrogen and oxygen atoms in total. The minimum Gasteiger partial charge on any atom is -0.493 e. The number of methoxy groups -OCH3 is 1. The van der Waals surface area contributed by atoms with Gasteiger partial charge in [0.15, 0.2) is 11.5 Å². The van der Waals surface area contributed by atoms with Gasteiger partial charge in [0.25, 0.3) is 17.7 Å². The van der Waals surface area contributed by atoms with Crippen LogP contribution in [0.2, 0.25) is 0 Å². The molecule has 0 bridgehead atoms. The molecule has 2 aromatic rings. The SMILES string of the molecule is CCCCCC(=O)ONC(=O)C[C@@H](c1ccc(OC)c(OCC)c1)N1C(=O)c2ccccc2C1=O. The molecule has 3 amide bonds. The molecule has 35 heavy (non-hydrogen) atoms. The van der Waals surface area contributed by atoms with E-state index >= 15 is 0 Å². The smallest absolute Gasteiger partial charge is 0.332 e. The Hall–Kier alpha value is -3.88. The van der Waals surface area contributed by atoms with Crippen molar-refractivity contribution < 1.29 is 33.5 Å². The number of unbranched alkanes of at least 4 members (excludes halogenated alkanes) is 2. The van der Waals surface area contributed by atoms with E-state index in [9.17, 15) is 19.2 Å². The lowest BCUT2D eigenvalue weighted by atomic mass is 10.0. The fourth-order valence-electron chi connectivity index (χ4n) is 3.92. The maximum absolute atomic E-state index is 13.2. The van der Waals surface area contributed by atoms with Crippen molar-refractivity contribution in [3.63, 3.8) is 0 Å². The second kappa shape index (κ2) is 12.0. The Bertz CT molecular complexity index is 1060. The maximum atomic E-state index is 13.2. The Morgan fingerprint density at radius 3 is 2.26 bits per heavy atom. The van der Waals surface area contributed by atoms with Crippen LogP contribution in [-0.4, -0.2) is 42.3 Å². The molecule has 1 aliphatic rings. The largest absolute Gasteiger partial charge is 0.493 e. The zero-order valence-electron chi connectivity index (χ0n) is 20.2. The molecule has 0 aromatic heterocycles. The Balaban J connectivity index is 1.87. The summed E-state index contributed by atoms with van der Waals surface area (Å²) >= 11 is 0. The third-order valence-electron chi connectivity index (χ3n) is 5.65. The zero-order chi connectivity index (χ0) is 25.4. The number of benzene rings is 2. The van der Waals surface area contributed by atoms with Crippen LogP contribution in [0.25, 0.3) is 0 Å². The summed E-state index contributed by atoms with van der Waals surface area (Å²) in [4.78, 5) is 56.9. The number of hydroxylamine groups is 1. The number of nitrogens with one attached hydrogen (secondary N) is 1. The van der Waals surface area contributed by atoms with Crippen molar-refractivity contribution in [3.05, 3.63) is 59.2 Å². The number of fused-ring (bicyclic) bond motifs is 1. The molecule has 0 spiro atoms. The third-order valence-corrected chi connectivity index (χ3v) is 5.65. The van der Waals surface area contributed by atoms with Gasteiger partial charge in [0.05, 0.1) is 37.3 Å². The summed E-state index contributed by atoms with van der Waals surface area (Å²) in [6.07, 6.45) is 2.37. The lowest BCUT2D eigenvalue weighted by molar-refractivity contribution is -0.158. The van der Waals surface area contributed by atoms with Crippen LogP contribution in [0.4, 0.5) is 0 Å². The molecule has 186 valence electrons. The first-order valence-corrected chi connectivity index (χ1v) is 11.7. The molecule has 2 aromatic carbocycles. The highest BCUT2D eigenvalue weighted by Crippen LogP contribution is 2.37. The maximum Gasteiger partial charge on any atom is 0.332 e. The number of ether oxygens (including phenoxy) is 2. The van der Waals surface area contributed by atoms with Crippen molar-refractivity contribution >= 4 is 23.7 Å². The highest BCUT2D eigenvalue weighted by molar-refractivity contribution is 6.21. The van der Waals surface area contributed by atoms with E-state index in [-0.39, 0.29) is 24.0 Å². The molecule has 0 fully saturated rings. The summed E-state index contributed by atoms with van der Waals surface area (Å²) in [6, 6.07) is 10.5. The van der Waals surface area contributed by atoms with Gasteiger partial charge in [0, 0.05) is 6.42 Å². The van der Waals surface area contributed by atoms with Gasteiger partial charge in [-0.2, -0.15) is 5.48 Å². The van der Waals surface area contributed by atoms with Gasteiger partial charge < -0.3 is 14.3 Å². The van der Waals surface area contributed by atoms with Gasteiger partial charge in [-0.05, 0) is 43.2 Å². The van der Waals surface area contributed by atoms with Crippen molar-refractivity contribution in [2.45, 2.75) is 52.0 Å². The van der Waals surface area contributed by atoms with Crippen LogP contribution in [0.5, 0.6) is 11.5 Å². The van der Waals surface area contributed by atoms with Crippen LogP contribution in [-0.2, 0) is 14.4 Å². The van der Waals surface area contributed by atoms with Crippen molar-refractivity contribution in [2.75, 3.05) is 13.7 Å². The highest BCUT2D eigenvalue weighted by Gasteiger charge is 2.41. The van der Waals surface area contributed by atoms with Gasteiger partial charge in [0.1, 0.15) is 0 Å². The Kier molecular flexibility index (Phi) is 8.83. The van der Waals surface area contributed by atoms with Crippen molar-refractivity contribution in [2.24, 2.45) is 0 Å². The summed E-state index contributed by atoms with van der Waals surface area (Å²) in [7, 11) is 1.50. The van der Waals surface area contributed by atoms with Crippen LogP contribution in [0.15, 0.2) is 42.5 Å². The summed E-state index contributed by atoms with van der Waals surface area (Å²) in [5.74, 6) is -1.32. The minimum atomic E-state index is -0.966. The van der Waals surface area contributed by atoms with Gasteiger partial charge in [0.2, 0.25) is 0 Å². The summed E-state index contributed by atoms with van der Waals surface area (Å²) in [5.41, 5.74) is 3.18. The molecule has 1 N–H and O–H groups in total. The lowest BCUT2D eigenvalue weighted by Gasteiger charge is -2.27. The summed E-state index contributed by atoms with van der Waals surface area (Å²) in [5, 5.41) is 0. The predicted molar refractivity (Wildman–Crippen MR) is 127 cm³/mol. The number of amides is 3. The molecule has 0 saturated heterocycles. The monoisotopic (exact) mass is 482 g/mol. The Morgan fingerprint density at radius 1 is 0.971 bits per heavy atom. The van der Waals surface area contributed by atoms with E-state index in [0.717, 1.165) is 17.7 Å². The molecule has 3 rings (SSSR count). The number of carbonyl (C=O) groups is 4. The normalized spacial score (nSPS) is 13.3. The van der Waals surface area contributed by atoms with Gasteiger partial charge >= 0.3 is 5.97 Å². The van der Waals surface area contributed by atoms with E-state index in [4.69, 9.17) is 14.3 Å². The molecule has 9 heteroatoms. The molecular formula is C26H30N2O7. The number of hydrogen-bond acceptors (Lipinski definition) is 7. The number of nitrogens with zero attached hydrogens (tertiary/aromatic N) is 1. The fourth-order valence-corrected chi connectivity index (χ4v) is 3.92. The van der Waals surface area contributed by atoms with E-state index in [2.05, 4.69) is 5.48 Å². The number of rotatable bonds is 11. The second-order valence-electron chi connectivity index (χ2n) is 8.05. The first-order valence-electron chi connectivity index (χ1n) is 11.7. The highest BCUT2D eigenvalue weighted by atomic mass is 16.7. The average Bonchev–Trinajstić information content (AvgIpc) is 3.11. The topological polar surface area (TPSA) is 111 Å². The van der Waals surface area contributed by atoms with Crippen molar-refractivity contribution in [1.82, 2.24) is 10.4 Å². The summed E-state index contributed by atoms with van der Waals surface area (Å²) in [6.45, 7) is 4.20. The van der Waals surface area contributed by atoms with E-state index in [1.165, 1.54) is 7.11 Å². The van der Waals surface area contributed by atoms with Crippen molar-refractivity contribution in [3.8, 4) is 11.5 Å². The molecule has 0 radical (unpaired) electrons. The van der Waals surface area contributed by atoms with Crippen LogP contribution in [0, 0.1) is 0 Å². The first kappa shape index (κ1) is 25.7. The van der Waals surface area contributed by atoms with Crippen LogP contribution < -0.4 is 15.0 Å². The molecule has 1 aliphatic heterocycles. The standard InChI is InChI=1S/C26H30N2O7/c1-4-6-7-12-24(30)35-27-23(29)16-20(17-13-14-21(33-3)22(15-17)34-5-2)28-25(31)18-10-8-9-11-19(18)26(28)32/h8-11,13-15,20H,4-7,12,16H2,1-3H3,(H,27,29)/t20-/m0/s1. The van der Waals surface area contributed by atoms with Gasteiger partial charge in [-0.1, -0.05) is 38.0 Å². The second-order valence-corrected chi connectivity index (χ2v) is 8.05. The zero-order valence-corrected chi connectivity index (χ0v) is 20.2. The van der Waals surface area contributed by atoms with Gasteiger partial charge in [-0.25, -0.2) is 4.79 Å². The third kappa shape index (κ3) is 5.98. The Morgan fingerprint density at radius 2 is 1.66 bits per heavy atom. The summed E-state index contributed by atoms with van der Waals surface area (Å²) < 4.78 is 11.0. The van der Waals surface area contributed by atoms with Crippen LogP contribution >= 0.6 is 0 Å². The van der Waals surface area contributed by atoms with Gasteiger partial charge in [-0.15, -0.1) is 0 Å². The number of imide groups is 1. The quantitative estimate of drug-likeness (QED) is 0.293. The Labute approximate surface area is 204 Å². The van der Waals surface area contributed by atoms with E-state index in [0.29, 0.717) is 30.1 Å².